The van der Waals surface area contributed by atoms with Crippen molar-refractivity contribution in [1.82, 2.24) is 0 Å². The zero-order valence-corrected chi connectivity index (χ0v) is 22.1. The second-order valence-corrected chi connectivity index (χ2v) is 14.0. The van der Waals surface area contributed by atoms with Crippen molar-refractivity contribution >= 4 is 0 Å². The van der Waals surface area contributed by atoms with E-state index in [9.17, 15) is 30.6 Å². The van der Waals surface area contributed by atoms with E-state index in [2.05, 4.69) is 0 Å². The molecule has 0 aliphatic heterocycles. The summed E-state index contributed by atoms with van der Waals surface area (Å²) in [5, 5.41) is 67.8. The van der Waals surface area contributed by atoms with Gasteiger partial charge in [0.2, 0.25) is 0 Å². The Morgan fingerprint density at radius 3 is 2.11 bits per heavy atom. The lowest BCUT2D eigenvalue weighted by Gasteiger charge is -2.68. The zero-order valence-electron chi connectivity index (χ0n) is 22.1. The van der Waals surface area contributed by atoms with Crippen LogP contribution in [0.2, 0.25) is 0 Å². The highest BCUT2D eigenvalue weighted by Crippen LogP contribution is 2.67. The SMILES string of the molecule is COC1CCC2C(C1)CC1C3C2CCC(O)C3C(O)C2C(O)[C@]3(C)C(O)C(C(C)O)C(O)C[C@@H]3C[C@H]12. The maximum Gasteiger partial charge on any atom is 0.0698 e. The smallest absolute Gasteiger partial charge is 0.0698 e. The first kappa shape index (κ1) is 26.0. The van der Waals surface area contributed by atoms with E-state index in [0.29, 0.717) is 42.6 Å². The standard InChI is InChI=1S/C29H48O7/c1-12(30)22-21(32)11-14-10-19-18-9-13-8-15(36-3)4-5-16(13)17-6-7-20(31)25(23(17)18)26(33)24(19)28(35)29(14,2)27(22)34/h12-28,30-35H,4-11H2,1-3H3/t12?,13?,14-,15?,16?,17?,18?,19+,20?,21?,22?,23?,24?,25?,26?,27?,28?,29-/m0/s1. The van der Waals surface area contributed by atoms with Crippen LogP contribution in [0.1, 0.15) is 65.2 Å². The van der Waals surface area contributed by atoms with Gasteiger partial charge in [0.1, 0.15) is 0 Å². The number of fused-ring (bicyclic) bond motifs is 5. The third-order valence-corrected chi connectivity index (χ3v) is 12.9. The molecule has 0 amide bonds. The molecule has 0 aromatic heterocycles. The molecule has 0 spiro atoms. The van der Waals surface area contributed by atoms with Gasteiger partial charge in [0, 0.05) is 30.3 Å². The lowest BCUT2D eigenvalue weighted by atomic mass is 9.39. The Labute approximate surface area is 215 Å². The van der Waals surface area contributed by atoms with E-state index in [1.165, 1.54) is 0 Å². The highest BCUT2D eigenvalue weighted by molar-refractivity contribution is 5.17. The van der Waals surface area contributed by atoms with Crippen molar-refractivity contribution in [3.05, 3.63) is 0 Å². The molecule has 6 rings (SSSR count). The fourth-order valence-corrected chi connectivity index (χ4v) is 11.3. The Morgan fingerprint density at radius 1 is 0.722 bits per heavy atom. The van der Waals surface area contributed by atoms with Crippen molar-refractivity contribution in [2.24, 2.45) is 64.6 Å². The van der Waals surface area contributed by atoms with Gasteiger partial charge in [-0.15, -0.1) is 0 Å². The Morgan fingerprint density at radius 2 is 1.42 bits per heavy atom. The summed E-state index contributed by atoms with van der Waals surface area (Å²) in [5.41, 5.74) is -0.919. The van der Waals surface area contributed by atoms with Gasteiger partial charge in [-0.25, -0.2) is 0 Å². The minimum Gasteiger partial charge on any atom is -0.393 e. The van der Waals surface area contributed by atoms with E-state index >= 15 is 0 Å². The van der Waals surface area contributed by atoms with E-state index in [4.69, 9.17) is 4.74 Å². The highest BCUT2D eigenvalue weighted by atomic mass is 16.5. The number of rotatable bonds is 2. The van der Waals surface area contributed by atoms with Gasteiger partial charge >= 0.3 is 0 Å². The Kier molecular flexibility index (Phi) is 6.59. The van der Waals surface area contributed by atoms with Crippen molar-refractivity contribution < 1.29 is 35.4 Å². The van der Waals surface area contributed by atoms with E-state index in [-0.39, 0.29) is 23.7 Å². The van der Waals surface area contributed by atoms with E-state index < -0.39 is 53.9 Å². The molecule has 0 heterocycles. The van der Waals surface area contributed by atoms with Crippen LogP contribution < -0.4 is 0 Å². The molecule has 7 nitrogen and oxygen atoms in total. The molecule has 6 saturated carbocycles. The van der Waals surface area contributed by atoms with Gasteiger partial charge in [-0.2, -0.15) is 0 Å². The molecule has 0 saturated heterocycles. The fourth-order valence-electron chi connectivity index (χ4n) is 11.3. The Hall–Kier alpha value is -0.280. The largest absolute Gasteiger partial charge is 0.393 e. The molecule has 6 aliphatic rings. The molecule has 0 bridgehead atoms. The number of hydrogen-bond acceptors (Lipinski definition) is 7. The lowest BCUT2D eigenvalue weighted by Crippen LogP contribution is -2.71. The molecule has 0 aromatic carbocycles. The first-order valence-electron chi connectivity index (χ1n) is 14.7. The van der Waals surface area contributed by atoms with Gasteiger partial charge in [0.15, 0.2) is 0 Å². The molecule has 6 aliphatic carbocycles. The van der Waals surface area contributed by atoms with Crippen molar-refractivity contribution in [2.75, 3.05) is 7.11 Å². The van der Waals surface area contributed by atoms with E-state index in [0.717, 1.165) is 38.5 Å². The van der Waals surface area contributed by atoms with Gasteiger partial charge < -0.3 is 35.4 Å². The molecule has 206 valence electrons. The van der Waals surface area contributed by atoms with Crippen LogP contribution in [-0.2, 0) is 4.74 Å². The highest BCUT2D eigenvalue weighted by Gasteiger charge is 2.68. The van der Waals surface area contributed by atoms with E-state index in [1.807, 2.05) is 14.0 Å². The average molecular weight is 509 g/mol. The van der Waals surface area contributed by atoms with Crippen LogP contribution in [0, 0.1) is 64.6 Å². The summed E-state index contributed by atoms with van der Waals surface area (Å²) >= 11 is 0. The summed E-state index contributed by atoms with van der Waals surface area (Å²) in [6.45, 7) is 3.48. The zero-order chi connectivity index (χ0) is 25.7. The van der Waals surface area contributed by atoms with Crippen LogP contribution >= 0.6 is 0 Å². The second kappa shape index (κ2) is 9.14. The van der Waals surface area contributed by atoms with Crippen LogP contribution in [0.5, 0.6) is 0 Å². The molecule has 15 unspecified atom stereocenters. The van der Waals surface area contributed by atoms with Gasteiger partial charge in [-0.05, 0) is 99.7 Å². The molecule has 7 heteroatoms. The Balaban J connectivity index is 1.37. The van der Waals surface area contributed by atoms with E-state index in [1.54, 1.807) is 6.92 Å². The summed E-state index contributed by atoms with van der Waals surface area (Å²) in [7, 11) is 1.81. The number of aliphatic hydroxyl groups is 6. The minimum atomic E-state index is -1.06. The first-order chi connectivity index (χ1) is 17.1. The van der Waals surface area contributed by atoms with Gasteiger partial charge in [0.25, 0.3) is 0 Å². The number of methoxy groups -OCH3 is 1. The molecule has 18 atom stereocenters. The van der Waals surface area contributed by atoms with Crippen LogP contribution in [0.25, 0.3) is 0 Å². The maximum absolute atomic E-state index is 12.0. The third-order valence-electron chi connectivity index (χ3n) is 12.9. The number of aliphatic hydroxyl groups excluding tert-OH is 6. The summed E-state index contributed by atoms with van der Waals surface area (Å²) in [5.74, 6) is 0.952. The molecular weight excluding hydrogens is 460 g/mol. The minimum absolute atomic E-state index is 0.0831. The van der Waals surface area contributed by atoms with Gasteiger partial charge in [0.05, 0.1) is 42.7 Å². The first-order valence-corrected chi connectivity index (χ1v) is 14.7. The van der Waals surface area contributed by atoms with Crippen molar-refractivity contribution in [2.45, 2.75) is 108 Å². The lowest BCUT2D eigenvalue weighted by molar-refractivity contribution is -0.280. The molecular formula is C29H48O7. The van der Waals surface area contributed by atoms with Crippen molar-refractivity contribution in [1.29, 1.82) is 0 Å². The van der Waals surface area contributed by atoms with Crippen LogP contribution in [0.15, 0.2) is 0 Å². The quantitative estimate of drug-likeness (QED) is 0.334. The molecule has 36 heavy (non-hydrogen) atoms. The normalized spacial score (nSPS) is 61.2. The van der Waals surface area contributed by atoms with Crippen LogP contribution in [-0.4, -0.2) is 80.5 Å². The van der Waals surface area contributed by atoms with Gasteiger partial charge in [-0.3, -0.25) is 0 Å². The number of hydrogen-bond donors (Lipinski definition) is 6. The predicted octanol–water partition coefficient (Wildman–Crippen LogP) is 1.56. The molecule has 0 radical (unpaired) electrons. The topological polar surface area (TPSA) is 131 Å². The predicted molar refractivity (Wildman–Crippen MR) is 132 cm³/mol. The Bertz CT molecular complexity index is 821. The van der Waals surface area contributed by atoms with Gasteiger partial charge in [-0.1, -0.05) is 6.92 Å². The molecule has 6 N–H and O–H groups in total. The van der Waals surface area contributed by atoms with Crippen LogP contribution in [0.3, 0.4) is 0 Å². The van der Waals surface area contributed by atoms with Crippen LogP contribution in [0.4, 0.5) is 0 Å². The summed E-state index contributed by atoms with van der Waals surface area (Å²) < 4.78 is 5.78. The monoisotopic (exact) mass is 508 g/mol. The molecule has 0 aromatic rings. The second-order valence-electron chi connectivity index (χ2n) is 14.0. The maximum atomic E-state index is 12.0. The third kappa shape index (κ3) is 3.49. The summed E-state index contributed by atoms with van der Waals surface area (Å²) in [4.78, 5) is 0. The number of ether oxygens (including phenoxy) is 1. The fraction of sp³-hybridized carbons (Fsp3) is 1.00. The van der Waals surface area contributed by atoms with Crippen molar-refractivity contribution in [3.8, 4) is 0 Å². The van der Waals surface area contributed by atoms with Crippen molar-refractivity contribution in [3.63, 3.8) is 0 Å². The average Bonchev–Trinajstić information content (AvgIpc) is 2.84. The molecule has 6 fully saturated rings. The summed E-state index contributed by atoms with van der Waals surface area (Å²) in [6, 6.07) is 0. The summed E-state index contributed by atoms with van der Waals surface area (Å²) in [6.07, 6.45) is 2.52.